The topological polar surface area (TPSA) is 125 Å². The summed E-state index contributed by atoms with van der Waals surface area (Å²) in [5, 5.41) is 7.69. The largest absolute Gasteiger partial charge is 0.356 e. The molecule has 1 atom stereocenters. The van der Waals surface area contributed by atoms with E-state index in [0.717, 1.165) is 12.8 Å². The van der Waals surface area contributed by atoms with Crippen molar-refractivity contribution in [2.24, 2.45) is 5.92 Å². The SMILES string of the molecule is O=CNC1CCC(C(=O)NC#Cc2cccc3c2CN(C2CCC(=O)NC2=O)C3=O)CC1. The summed E-state index contributed by atoms with van der Waals surface area (Å²) in [4.78, 5) is 60.9. The number of imide groups is 1. The Morgan fingerprint density at radius 1 is 1.12 bits per heavy atom. The Morgan fingerprint density at radius 2 is 1.91 bits per heavy atom. The summed E-state index contributed by atoms with van der Waals surface area (Å²) in [5.41, 5.74) is 1.81. The first kappa shape index (κ1) is 21.6. The molecule has 0 aromatic heterocycles. The normalized spacial score (nSPS) is 24.7. The zero-order valence-electron chi connectivity index (χ0n) is 17.5. The van der Waals surface area contributed by atoms with E-state index in [1.807, 2.05) is 0 Å². The van der Waals surface area contributed by atoms with Gasteiger partial charge in [0.05, 0.1) is 0 Å². The zero-order valence-corrected chi connectivity index (χ0v) is 17.5. The lowest BCUT2D eigenvalue weighted by atomic mass is 9.85. The molecule has 3 N–H and O–H groups in total. The summed E-state index contributed by atoms with van der Waals surface area (Å²) in [6.07, 6.45) is 4.09. The van der Waals surface area contributed by atoms with Crippen molar-refractivity contribution in [3.05, 3.63) is 34.9 Å². The standard InChI is InChI=1S/C23H24N4O5/c28-13-25-16-6-4-15(5-7-16)21(30)24-11-10-14-2-1-3-17-18(14)12-27(23(17)32)19-8-9-20(29)26-22(19)31/h1-3,13,15-16,19H,4-9,12H2,(H,24,30)(H,25,28)(H,26,29,31). The quantitative estimate of drug-likeness (QED) is 0.269. The molecule has 166 valence electrons. The number of rotatable bonds is 4. The number of amides is 5. The van der Waals surface area contributed by atoms with E-state index in [-0.39, 0.29) is 42.6 Å². The Morgan fingerprint density at radius 3 is 2.62 bits per heavy atom. The molecule has 0 bridgehead atoms. The average molecular weight is 436 g/mol. The molecule has 1 aromatic carbocycles. The summed E-state index contributed by atoms with van der Waals surface area (Å²) >= 11 is 0. The van der Waals surface area contributed by atoms with Gasteiger partial charge in [0.1, 0.15) is 6.04 Å². The van der Waals surface area contributed by atoms with Gasteiger partial charge in [-0.15, -0.1) is 0 Å². The first-order valence-corrected chi connectivity index (χ1v) is 10.7. The number of hydrogen-bond donors (Lipinski definition) is 3. The van der Waals surface area contributed by atoms with Crippen molar-refractivity contribution in [2.45, 2.75) is 57.2 Å². The fraction of sp³-hybridized carbons (Fsp3) is 0.435. The molecular formula is C23H24N4O5. The van der Waals surface area contributed by atoms with Crippen LogP contribution in [0.25, 0.3) is 0 Å². The van der Waals surface area contributed by atoms with Gasteiger partial charge in [0.15, 0.2) is 0 Å². The highest BCUT2D eigenvalue weighted by molar-refractivity contribution is 6.05. The molecule has 1 unspecified atom stereocenters. The Balaban J connectivity index is 1.41. The van der Waals surface area contributed by atoms with Gasteiger partial charge in [-0.05, 0) is 55.7 Å². The number of piperidine rings is 1. The van der Waals surface area contributed by atoms with Crippen molar-refractivity contribution in [3.63, 3.8) is 0 Å². The molecule has 2 fully saturated rings. The van der Waals surface area contributed by atoms with Crippen LogP contribution in [0, 0.1) is 17.9 Å². The van der Waals surface area contributed by atoms with Crippen LogP contribution in [-0.2, 0) is 25.7 Å². The molecular weight excluding hydrogens is 412 g/mol. The van der Waals surface area contributed by atoms with E-state index in [1.54, 1.807) is 18.2 Å². The Labute approximate surface area is 185 Å². The molecule has 3 aliphatic rings. The van der Waals surface area contributed by atoms with Crippen LogP contribution >= 0.6 is 0 Å². The minimum atomic E-state index is -0.683. The predicted molar refractivity (Wildman–Crippen MR) is 112 cm³/mol. The fourth-order valence-corrected chi connectivity index (χ4v) is 4.58. The number of fused-ring (bicyclic) bond motifs is 1. The third-order valence-electron chi connectivity index (χ3n) is 6.37. The second-order valence-corrected chi connectivity index (χ2v) is 8.30. The molecule has 1 aliphatic carbocycles. The minimum Gasteiger partial charge on any atom is -0.356 e. The van der Waals surface area contributed by atoms with Gasteiger partial charge in [-0.3, -0.25) is 34.6 Å². The van der Waals surface area contributed by atoms with Gasteiger partial charge in [-0.2, -0.15) is 0 Å². The van der Waals surface area contributed by atoms with E-state index in [4.69, 9.17) is 0 Å². The van der Waals surface area contributed by atoms with Gasteiger partial charge in [0.25, 0.3) is 5.91 Å². The van der Waals surface area contributed by atoms with Gasteiger partial charge in [-0.25, -0.2) is 0 Å². The van der Waals surface area contributed by atoms with Gasteiger partial charge in [-0.1, -0.05) is 6.07 Å². The maximum absolute atomic E-state index is 12.9. The number of carbonyl (C=O) groups is 5. The molecule has 9 nitrogen and oxygen atoms in total. The van der Waals surface area contributed by atoms with Crippen LogP contribution in [0.15, 0.2) is 18.2 Å². The second-order valence-electron chi connectivity index (χ2n) is 8.30. The maximum Gasteiger partial charge on any atom is 0.255 e. The number of hydrogen-bond acceptors (Lipinski definition) is 5. The van der Waals surface area contributed by atoms with Crippen LogP contribution in [0.1, 0.15) is 60.0 Å². The lowest BCUT2D eigenvalue weighted by molar-refractivity contribution is -0.137. The number of nitrogens with zero attached hydrogens (tertiary/aromatic N) is 1. The molecule has 5 amide bonds. The van der Waals surface area contributed by atoms with E-state index in [2.05, 4.69) is 27.9 Å². The molecule has 32 heavy (non-hydrogen) atoms. The summed E-state index contributed by atoms with van der Waals surface area (Å²) in [7, 11) is 0. The van der Waals surface area contributed by atoms with Gasteiger partial charge in [0.2, 0.25) is 24.1 Å². The minimum absolute atomic E-state index is 0.124. The summed E-state index contributed by atoms with van der Waals surface area (Å²) in [6, 6.07) is 7.34. The van der Waals surface area contributed by atoms with E-state index < -0.39 is 11.9 Å². The third-order valence-corrected chi connectivity index (χ3v) is 6.37. The highest BCUT2D eigenvalue weighted by Gasteiger charge is 2.39. The highest BCUT2D eigenvalue weighted by atomic mass is 16.2. The monoisotopic (exact) mass is 436 g/mol. The van der Waals surface area contributed by atoms with Crippen LogP contribution in [0.3, 0.4) is 0 Å². The Kier molecular flexibility index (Phi) is 6.21. The molecule has 1 saturated carbocycles. The highest BCUT2D eigenvalue weighted by Crippen LogP contribution is 2.29. The predicted octanol–water partition coefficient (Wildman–Crippen LogP) is 0.178. The van der Waals surface area contributed by atoms with E-state index in [9.17, 15) is 24.0 Å². The first-order chi connectivity index (χ1) is 15.5. The molecule has 1 aromatic rings. The second kappa shape index (κ2) is 9.22. The average Bonchev–Trinajstić information content (AvgIpc) is 3.12. The molecule has 1 saturated heterocycles. The van der Waals surface area contributed by atoms with E-state index in [1.165, 1.54) is 4.90 Å². The van der Waals surface area contributed by atoms with Crippen LogP contribution in [-0.4, -0.2) is 47.0 Å². The first-order valence-electron chi connectivity index (χ1n) is 10.7. The molecule has 4 rings (SSSR count). The number of carbonyl (C=O) groups excluding carboxylic acids is 5. The van der Waals surface area contributed by atoms with Crippen molar-refractivity contribution >= 4 is 30.0 Å². The molecule has 2 heterocycles. The van der Waals surface area contributed by atoms with Crippen molar-refractivity contribution in [1.29, 1.82) is 0 Å². The number of nitrogens with one attached hydrogen (secondary N) is 3. The van der Waals surface area contributed by atoms with Gasteiger partial charge >= 0.3 is 0 Å². The smallest absolute Gasteiger partial charge is 0.255 e. The Bertz CT molecular complexity index is 1030. The number of benzene rings is 1. The third kappa shape index (κ3) is 4.35. The lowest BCUT2D eigenvalue weighted by Gasteiger charge is -2.29. The zero-order chi connectivity index (χ0) is 22.7. The summed E-state index contributed by atoms with van der Waals surface area (Å²) in [5.74, 6) is 1.60. The van der Waals surface area contributed by atoms with Crippen LogP contribution in [0.5, 0.6) is 0 Å². The van der Waals surface area contributed by atoms with E-state index >= 15 is 0 Å². The van der Waals surface area contributed by atoms with Crippen molar-refractivity contribution in [2.75, 3.05) is 0 Å². The summed E-state index contributed by atoms with van der Waals surface area (Å²) in [6.45, 7) is 0.229. The fourth-order valence-electron chi connectivity index (χ4n) is 4.58. The van der Waals surface area contributed by atoms with Crippen LogP contribution < -0.4 is 16.0 Å². The maximum atomic E-state index is 12.9. The Hall–Kier alpha value is -3.67. The molecule has 9 heteroatoms. The van der Waals surface area contributed by atoms with Crippen molar-refractivity contribution in [3.8, 4) is 12.0 Å². The van der Waals surface area contributed by atoms with Crippen molar-refractivity contribution < 1.29 is 24.0 Å². The van der Waals surface area contributed by atoms with E-state index in [0.29, 0.717) is 42.4 Å². The molecule has 0 spiro atoms. The molecule has 2 aliphatic heterocycles. The molecule has 0 radical (unpaired) electrons. The van der Waals surface area contributed by atoms with Crippen molar-refractivity contribution in [1.82, 2.24) is 20.9 Å². The van der Waals surface area contributed by atoms with Gasteiger partial charge in [0, 0.05) is 42.1 Å². The van der Waals surface area contributed by atoms with Crippen LogP contribution in [0.2, 0.25) is 0 Å². The van der Waals surface area contributed by atoms with Gasteiger partial charge < -0.3 is 10.2 Å². The lowest BCUT2D eigenvalue weighted by Crippen LogP contribution is -2.52. The van der Waals surface area contributed by atoms with Crippen LogP contribution in [0.4, 0.5) is 0 Å². The summed E-state index contributed by atoms with van der Waals surface area (Å²) < 4.78 is 0.